The van der Waals surface area contributed by atoms with Crippen LogP contribution in [0.25, 0.3) is 0 Å². The molecule has 2 aromatic rings. The maximum Gasteiger partial charge on any atom is 0.293 e. The van der Waals surface area contributed by atoms with Crippen LogP contribution in [0.5, 0.6) is 5.75 Å². The van der Waals surface area contributed by atoms with Crippen LogP contribution in [0.2, 0.25) is 5.02 Å². The first-order valence-electron chi connectivity index (χ1n) is 8.20. The Morgan fingerprint density at radius 2 is 2.24 bits per heavy atom. The van der Waals surface area contributed by atoms with Crippen LogP contribution in [0.3, 0.4) is 0 Å². The van der Waals surface area contributed by atoms with E-state index < -0.39 is 0 Å². The summed E-state index contributed by atoms with van der Waals surface area (Å²) in [4.78, 5) is 14.8. The number of rotatable bonds is 8. The zero-order chi connectivity index (χ0) is 17.8. The van der Waals surface area contributed by atoms with Gasteiger partial charge in [0.25, 0.3) is 6.47 Å². The van der Waals surface area contributed by atoms with Crippen LogP contribution in [0.1, 0.15) is 37.3 Å². The van der Waals surface area contributed by atoms with Gasteiger partial charge < -0.3 is 9.47 Å². The SMILES string of the molecule is CC(C)Sc1ncccc1COc1ccc(C2CC2OC=O)c(Cl)c1. The number of carbonyl (C=O) groups excluding carboxylic acids is 1. The lowest BCUT2D eigenvalue weighted by Crippen LogP contribution is -2.01. The predicted molar refractivity (Wildman–Crippen MR) is 99.3 cm³/mol. The minimum atomic E-state index is -0.0484. The molecule has 0 N–H and O–H groups in total. The van der Waals surface area contributed by atoms with Crippen molar-refractivity contribution >= 4 is 29.8 Å². The molecule has 2 unspecified atom stereocenters. The van der Waals surface area contributed by atoms with Gasteiger partial charge in [0.05, 0.1) is 0 Å². The number of halogens is 1. The van der Waals surface area contributed by atoms with E-state index >= 15 is 0 Å². The fraction of sp³-hybridized carbons (Fsp3) is 0.368. The number of nitrogens with zero attached hydrogens (tertiary/aromatic N) is 1. The molecular weight excluding hydrogens is 358 g/mol. The second-order valence-corrected chi connectivity index (χ2v) is 8.19. The Hall–Kier alpha value is -1.72. The van der Waals surface area contributed by atoms with E-state index in [1.807, 2.05) is 30.3 Å². The molecule has 1 aliphatic rings. The zero-order valence-corrected chi connectivity index (χ0v) is 15.7. The van der Waals surface area contributed by atoms with Crippen molar-refractivity contribution in [2.45, 2.75) is 49.2 Å². The van der Waals surface area contributed by atoms with E-state index in [1.165, 1.54) is 0 Å². The highest BCUT2D eigenvalue weighted by Crippen LogP contribution is 2.46. The van der Waals surface area contributed by atoms with E-state index in [9.17, 15) is 4.79 Å². The Bertz CT molecular complexity index is 753. The zero-order valence-electron chi connectivity index (χ0n) is 14.1. The number of carbonyl (C=O) groups is 1. The summed E-state index contributed by atoms with van der Waals surface area (Å²) >= 11 is 8.09. The van der Waals surface area contributed by atoms with Crippen molar-refractivity contribution in [2.24, 2.45) is 0 Å². The first-order valence-corrected chi connectivity index (χ1v) is 9.46. The number of pyridine rings is 1. The number of ether oxygens (including phenoxy) is 2. The second kappa shape index (κ2) is 8.11. The molecule has 1 aromatic heterocycles. The van der Waals surface area contributed by atoms with Crippen LogP contribution in [-0.2, 0) is 16.1 Å². The lowest BCUT2D eigenvalue weighted by Gasteiger charge is -2.12. The van der Waals surface area contributed by atoms with Crippen LogP contribution >= 0.6 is 23.4 Å². The molecule has 0 amide bonds. The lowest BCUT2D eigenvalue weighted by atomic mass is 10.1. The summed E-state index contributed by atoms with van der Waals surface area (Å²) in [6.45, 7) is 5.22. The first kappa shape index (κ1) is 18.1. The van der Waals surface area contributed by atoms with Crippen molar-refractivity contribution < 1.29 is 14.3 Å². The van der Waals surface area contributed by atoms with Gasteiger partial charge in [-0.25, -0.2) is 4.98 Å². The van der Waals surface area contributed by atoms with E-state index in [4.69, 9.17) is 21.1 Å². The molecule has 1 heterocycles. The molecule has 3 rings (SSSR count). The van der Waals surface area contributed by atoms with Gasteiger partial charge in [-0.3, -0.25) is 4.79 Å². The summed E-state index contributed by atoms with van der Waals surface area (Å²) in [5.74, 6) is 0.908. The molecule has 0 spiro atoms. The van der Waals surface area contributed by atoms with Gasteiger partial charge in [0.2, 0.25) is 0 Å². The Labute approximate surface area is 156 Å². The van der Waals surface area contributed by atoms with Gasteiger partial charge in [0.1, 0.15) is 23.5 Å². The third-order valence-electron chi connectivity index (χ3n) is 3.93. The molecule has 1 fully saturated rings. The molecule has 1 aliphatic carbocycles. The molecule has 4 nitrogen and oxygen atoms in total. The summed E-state index contributed by atoms with van der Waals surface area (Å²) in [6.07, 6.45) is 2.57. The molecule has 0 saturated heterocycles. The number of hydrogen-bond acceptors (Lipinski definition) is 5. The maximum absolute atomic E-state index is 10.4. The topological polar surface area (TPSA) is 48.4 Å². The Morgan fingerprint density at radius 3 is 2.96 bits per heavy atom. The van der Waals surface area contributed by atoms with Crippen LogP contribution < -0.4 is 4.74 Å². The minimum Gasteiger partial charge on any atom is -0.489 e. The molecule has 1 saturated carbocycles. The maximum atomic E-state index is 10.4. The van der Waals surface area contributed by atoms with Gasteiger partial charge in [-0.15, -0.1) is 11.8 Å². The standard InChI is InChI=1S/C19H20ClNO3S/c1-12(2)25-19-13(4-3-7-21-19)10-23-14-5-6-15(17(20)8-14)16-9-18(16)24-11-22/h3-8,11-12,16,18H,9-10H2,1-2H3. The molecule has 1 aromatic carbocycles. The number of thioether (sulfide) groups is 1. The average molecular weight is 378 g/mol. The third-order valence-corrected chi connectivity index (χ3v) is 5.31. The molecule has 0 bridgehead atoms. The van der Waals surface area contributed by atoms with Crippen molar-refractivity contribution in [2.75, 3.05) is 0 Å². The van der Waals surface area contributed by atoms with Gasteiger partial charge in [0, 0.05) is 28.0 Å². The van der Waals surface area contributed by atoms with Gasteiger partial charge in [-0.2, -0.15) is 0 Å². The van der Waals surface area contributed by atoms with E-state index in [1.54, 1.807) is 18.0 Å². The monoisotopic (exact) mass is 377 g/mol. The third kappa shape index (κ3) is 4.67. The van der Waals surface area contributed by atoms with Gasteiger partial charge >= 0.3 is 0 Å². The molecule has 6 heteroatoms. The van der Waals surface area contributed by atoms with Crippen LogP contribution in [0, 0.1) is 0 Å². The second-order valence-electron chi connectivity index (χ2n) is 6.22. The quantitative estimate of drug-likeness (QED) is 0.486. The summed E-state index contributed by atoms with van der Waals surface area (Å²) in [6, 6.07) is 9.62. The molecule has 0 aliphatic heterocycles. The minimum absolute atomic E-state index is 0.0484. The summed E-state index contributed by atoms with van der Waals surface area (Å²) in [5, 5.41) is 2.09. The van der Waals surface area contributed by atoms with E-state index in [0.29, 0.717) is 29.1 Å². The largest absolute Gasteiger partial charge is 0.489 e. The Balaban J connectivity index is 1.65. The van der Waals surface area contributed by atoms with Crippen molar-refractivity contribution in [1.82, 2.24) is 4.98 Å². The lowest BCUT2D eigenvalue weighted by molar-refractivity contribution is -0.129. The molecule has 25 heavy (non-hydrogen) atoms. The van der Waals surface area contributed by atoms with E-state index in [-0.39, 0.29) is 12.0 Å². The van der Waals surface area contributed by atoms with Gasteiger partial charge in [0.15, 0.2) is 0 Å². The highest BCUT2D eigenvalue weighted by Gasteiger charge is 2.41. The number of hydrogen-bond donors (Lipinski definition) is 0. The highest BCUT2D eigenvalue weighted by atomic mass is 35.5. The van der Waals surface area contributed by atoms with Gasteiger partial charge in [-0.05, 0) is 30.2 Å². The fourth-order valence-electron chi connectivity index (χ4n) is 2.64. The predicted octanol–water partition coefficient (Wildman–Crippen LogP) is 4.84. The number of benzene rings is 1. The number of aromatic nitrogens is 1. The first-order chi connectivity index (χ1) is 12.1. The Morgan fingerprint density at radius 1 is 1.40 bits per heavy atom. The molecular formula is C19H20ClNO3S. The smallest absolute Gasteiger partial charge is 0.293 e. The highest BCUT2D eigenvalue weighted by molar-refractivity contribution is 7.99. The van der Waals surface area contributed by atoms with E-state index in [0.717, 1.165) is 22.6 Å². The fourth-order valence-corrected chi connectivity index (χ4v) is 3.80. The molecule has 2 atom stereocenters. The van der Waals surface area contributed by atoms with Crippen LogP contribution in [0.15, 0.2) is 41.6 Å². The summed E-state index contributed by atoms with van der Waals surface area (Å²) < 4.78 is 10.9. The Kier molecular flexibility index (Phi) is 5.86. The van der Waals surface area contributed by atoms with Crippen molar-refractivity contribution in [3.63, 3.8) is 0 Å². The summed E-state index contributed by atoms with van der Waals surface area (Å²) in [7, 11) is 0. The normalized spacial score (nSPS) is 18.9. The summed E-state index contributed by atoms with van der Waals surface area (Å²) in [5.41, 5.74) is 2.06. The van der Waals surface area contributed by atoms with Crippen molar-refractivity contribution in [1.29, 1.82) is 0 Å². The average Bonchev–Trinajstić information content (AvgIpc) is 3.33. The van der Waals surface area contributed by atoms with Crippen LogP contribution in [0.4, 0.5) is 0 Å². The van der Waals surface area contributed by atoms with Crippen molar-refractivity contribution in [3.8, 4) is 5.75 Å². The molecule has 132 valence electrons. The van der Waals surface area contributed by atoms with Crippen LogP contribution in [-0.4, -0.2) is 22.8 Å². The van der Waals surface area contributed by atoms with E-state index in [2.05, 4.69) is 18.8 Å². The van der Waals surface area contributed by atoms with Gasteiger partial charge in [-0.1, -0.05) is 37.6 Å². The van der Waals surface area contributed by atoms with Crippen molar-refractivity contribution in [3.05, 3.63) is 52.7 Å². The molecule has 0 radical (unpaired) electrons.